The minimum Gasteiger partial charge on any atom is -0.462 e. The fourth-order valence-corrected chi connectivity index (χ4v) is 7.95. The van der Waals surface area contributed by atoms with Crippen molar-refractivity contribution in [1.29, 1.82) is 0 Å². The molecule has 0 aromatic rings. The number of hydrogen-bond acceptors (Lipinski definition) is 6. The largest absolute Gasteiger partial charge is 0.462 e. The zero-order valence-corrected chi connectivity index (χ0v) is 45.8. The summed E-state index contributed by atoms with van der Waals surface area (Å²) >= 11 is 0. The predicted molar refractivity (Wildman–Crippen MR) is 302 cm³/mol. The SMILES string of the molecule is CC/C=C\C/C=C\C/C=C\C/C=C\C/C=C\C/C=C\C/C=C\CCCCCC(=O)OCC(COC(=O)CCCCCCCCCCCCCC)OC(=O)CCCCCCC/C=C\CCCCCCCC. The maximum atomic E-state index is 12.8. The Hall–Kier alpha value is -3.67. The summed E-state index contributed by atoms with van der Waals surface area (Å²) in [7, 11) is 0. The lowest BCUT2D eigenvalue weighted by atomic mass is 10.0. The highest BCUT2D eigenvalue weighted by molar-refractivity contribution is 5.71. The van der Waals surface area contributed by atoms with E-state index in [0.29, 0.717) is 19.3 Å². The van der Waals surface area contributed by atoms with E-state index in [0.717, 1.165) is 122 Å². The Balaban J connectivity index is 4.40. The molecule has 0 N–H and O–H groups in total. The molecular formula is C64H108O6. The first-order chi connectivity index (χ1) is 34.5. The van der Waals surface area contributed by atoms with E-state index in [9.17, 15) is 14.4 Å². The van der Waals surface area contributed by atoms with Crippen LogP contribution in [0.1, 0.15) is 271 Å². The Kier molecular flexibility index (Phi) is 54.9. The molecular weight excluding hydrogens is 865 g/mol. The van der Waals surface area contributed by atoms with Crippen LogP contribution in [0, 0.1) is 0 Å². The Bertz CT molecular complexity index is 1400. The van der Waals surface area contributed by atoms with Gasteiger partial charge in [0, 0.05) is 19.3 Å². The molecule has 0 aliphatic rings. The molecule has 0 aromatic carbocycles. The second-order valence-corrected chi connectivity index (χ2v) is 19.2. The van der Waals surface area contributed by atoms with Gasteiger partial charge in [0.15, 0.2) is 6.10 Å². The molecule has 0 aromatic heterocycles. The monoisotopic (exact) mass is 973 g/mol. The molecule has 6 nitrogen and oxygen atoms in total. The van der Waals surface area contributed by atoms with Crippen molar-refractivity contribution in [3.05, 3.63) is 97.2 Å². The summed E-state index contributed by atoms with van der Waals surface area (Å²) in [5, 5.41) is 0. The first kappa shape index (κ1) is 66.3. The summed E-state index contributed by atoms with van der Waals surface area (Å²) in [5.74, 6) is -0.929. The Morgan fingerprint density at radius 1 is 0.300 bits per heavy atom. The molecule has 1 atom stereocenters. The summed E-state index contributed by atoms with van der Waals surface area (Å²) in [4.78, 5) is 38.1. The van der Waals surface area contributed by atoms with Crippen molar-refractivity contribution in [2.45, 2.75) is 277 Å². The summed E-state index contributed by atoms with van der Waals surface area (Å²) in [6.07, 6.45) is 76.8. The Morgan fingerprint density at radius 2 is 0.557 bits per heavy atom. The molecule has 0 aliphatic heterocycles. The number of ether oxygens (including phenoxy) is 3. The third-order valence-electron chi connectivity index (χ3n) is 12.3. The number of unbranched alkanes of at least 4 members (excludes halogenated alkanes) is 25. The third kappa shape index (κ3) is 55.3. The molecule has 0 saturated heterocycles. The van der Waals surface area contributed by atoms with E-state index in [2.05, 4.69) is 118 Å². The van der Waals surface area contributed by atoms with Crippen LogP contribution in [-0.2, 0) is 28.6 Å². The second-order valence-electron chi connectivity index (χ2n) is 19.2. The van der Waals surface area contributed by atoms with Crippen LogP contribution in [0.25, 0.3) is 0 Å². The van der Waals surface area contributed by atoms with Crippen LogP contribution in [0.2, 0.25) is 0 Å². The highest BCUT2D eigenvalue weighted by Crippen LogP contribution is 2.15. The molecule has 400 valence electrons. The molecule has 70 heavy (non-hydrogen) atoms. The highest BCUT2D eigenvalue weighted by atomic mass is 16.6. The van der Waals surface area contributed by atoms with E-state index in [-0.39, 0.29) is 31.1 Å². The molecule has 0 rings (SSSR count). The number of esters is 3. The summed E-state index contributed by atoms with van der Waals surface area (Å²) in [6.45, 7) is 6.49. The van der Waals surface area contributed by atoms with Crippen molar-refractivity contribution in [2.75, 3.05) is 13.2 Å². The predicted octanol–water partition coefficient (Wildman–Crippen LogP) is 19.7. The average Bonchev–Trinajstić information content (AvgIpc) is 3.36. The van der Waals surface area contributed by atoms with E-state index in [1.165, 1.54) is 109 Å². The fourth-order valence-electron chi connectivity index (χ4n) is 7.95. The molecule has 0 bridgehead atoms. The lowest BCUT2D eigenvalue weighted by Crippen LogP contribution is -2.30. The van der Waals surface area contributed by atoms with Crippen LogP contribution in [0.3, 0.4) is 0 Å². The topological polar surface area (TPSA) is 78.9 Å². The van der Waals surface area contributed by atoms with Crippen LogP contribution in [-0.4, -0.2) is 37.2 Å². The van der Waals surface area contributed by atoms with Gasteiger partial charge in [-0.3, -0.25) is 14.4 Å². The lowest BCUT2D eigenvalue weighted by molar-refractivity contribution is -0.167. The van der Waals surface area contributed by atoms with Crippen LogP contribution >= 0.6 is 0 Å². The van der Waals surface area contributed by atoms with Crippen LogP contribution in [0.15, 0.2) is 97.2 Å². The molecule has 0 spiro atoms. The summed E-state index contributed by atoms with van der Waals surface area (Å²) < 4.78 is 16.8. The van der Waals surface area contributed by atoms with E-state index >= 15 is 0 Å². The maximum absolute atomic E-state index is 12.8. The van der Waals surface area contributed by atoms with Crippen molar-refractivity contribution in [3.8, 4) is 0 Å². The molecule has 0 radical (unpaired) electrons. The third-order valence-corrected chi connectivity index (χ3v) is 12.3. The summed E-state index contributed by atoms with van der Waals surface area (Å²) in [5.41, 5.74) is 0. The lowest BCUT2D eigenvalue weighted by Gasteiger charge is -2.18. The molecule has 0 amide bonds. The van der Waals surface area contributed by atoms with Gasteiger partial charge < -0.3 is 14.2 Å². The van der Waals surface area contributed by atoms with Gasteiger partial charge in [0.05, 0.1) is 0 Å². The highest BCUT2D eigenvalue weighted by Gasteiger charge is 2.19. The van der Waals surface area contributed by atoms with E-state index in [1.807, 2.05) is 0 Å². The molecule has 0 aliphatic carbocycles. The number of hydrogen-bond donors (Lipinski definition) is 0. The van der Waals surface area contributed by atoms with Gasteiger partial charge in [0.25, 0.3) is 0 Å². The first-order valence-corrected chi connectivity index (χ1v) is 29.2. The van der Waals surface area contributed by atoms with Crippen molar-refractivity contribution >= 4 is 17.9 Å². The van der Waals surface area contributed by atoms with Gasteiger partial charge >= 0.3 is 17.9 Å². The van der Waals surface area contributed by atoms with Gasteiger partial charge in [-0.1, -0.05) is 246 Å². The number of carbonyl (C=O) groups is 3. The minimum atomic E-state index is -0.795. The van der Waals surface area contributed by atoms with Gasteiger partial charge in [0.2, 0.25) is 0 Å². The van der Waals surface area contributed by atoms with Crippen molar-refractivity contribution in [3.63, 3.8) is 0 Å². The molecule has 0 saturated carbocycles. The number of rotatable bonds is 52. The number of allylic oxidation sites excluding steroid dienone is 16. The standard InChI is InChI=1S/C64H108O6/c1-4-7-10-13-16-19-22-25-27-28-29-30-31-32-33-34-35-36-38-39-42-45-48-51-54-57-63(66)69-60-61(59-68-62(65)56-53-50-47-44-41-24-21-18-15-12-9-6-3)70-64(67)58-55-52-49-46-43-40-37-26-23-20-17-14-11-8-5-2/h7,10,16,19,25-27,29-30,32-33,35-37,39,42,61H,4-6,8-9,11-15,17-18,20-24,28,31,34,38,40-41,43-60H2,1-3H3/b10-7-,19-16-,27-25-,30-29-,33-32-,36-35-,37-26-,42-39-. The first-order valence-electron chi connectivity index (χ1n) is 29.2. The normalized spacial score (nSPS) is 12.8. The van der Waals surface area contributed by atoms with Crippen molar-refractivity contribution in [1.82, 2.24) is 0 Å². The minimum absolute atomic E-state index is 0.0899. The van der Waals surface area contributed by atoms with Crippen molar-refractivity contribution < 1.29 is 28.6 Å². The fraction of sp³-hybridized carbons (Fsp3) is 0.703. The van der Waals surface area contributed by atoms with E-state index < -0.39 is 6.10 Å². The molecule has 0 heterocycles. The van der Waals surface area contributed by atoms with E-state index in [1.54, 1.807) is 0 Å². The van der Waals surface area contributed by atoms with Crippen LogP contribution in [0.5, 0.6) is 0 Å². The van der Waals surface area contributed by atoms with Crippen molar-refractivity contribution in [2.24, 2.45) is 0 Å². The van der Waals surface area contributed by atoms with Crippen LogP contribution < -0.4 is 0 Å². The average molecular weight is 974 g/mol. The second kappa shape index (κ2) is 57.9. The Labute approximate surface area is 432 Å². The molecule has 0 fully saturated rings. The zero-order valence-electron chi connectivity index (χ0n) is 45.8. The smallest absolute Gasteiger partial charge is 0.306 e. The van der Waals surface area contributed by atoms with Gasteiger partial charge in [-0.2, -0.15) is 0 Å². The van der Waals surface area contributed by atoms with E-state index in [4.69, 9.17) is 14.2 Å². The van der Waals surface area contributed by atoms with Gasteiger partial charge in [0.1, 0.15) is 13.2 Å². The maximum Gasteiger partial charge on any atom is 0.306 e. The number of carbonyl (C=O) groups excluding carboxylic acids is 3. The summed E-state index contributed by atoms with van der Waals surface area (Å²) in [6, 6.07) is 0. The zero-order chi connectivity index (χ0) is 50.7. The Morgan fingerprint density at radius 3 is 0.900 bits per heavy atom. The van der Waals surface area contributed by atoms with Gasteiger partial charge in [-0.15, -0.1) is 0 Å². The quantitative estimate of drug-likeness (QED) is 0.0262. The van der Waals surface area contributed by atoms with Gasteiger partial charge in [-0.05, 0) is 103 Å². The van der Waals surface area contributed by atoms with Crippen LogP contribution in [0.4, 0.5) is 0 Å². The molecule has 6 heteroatoms. The molecule has 1 unspecified atom stereocenters. The van der Waals surface area contributed by atoms with Gasteiger partial charge in [-0.25, -0.2) is 0 Å².